The number of aryl methyl sites for hydroxylation is 1. The molecule has 8 nitrogen and oxygen atoms in total. The highest BCUT2D eigenvalue weighted by Gasteiger charge is 2.19. The second-order valence-electron chi connectivity index (χ2n) is 8.11. The van der Waals surface area contributed by atoms with Crippen molar-refractivity contribution in [3.63, 3.8) is 0 Å². The van der Waals surface area contributed by atoms with Gasteiger partial charge in [0.05, 0.1) is 23.7 Å². The molecule has 0 spiro atoms. The summed E-state index contributed by atoms with van der Waals surface area (Å²) in [4.78, 5) is 17.3. The van der Waals surface area contributed by atoms with E-state index in [2.05, 4.69) is 57.4 Å². The van der Waals surface area contributed by atoms with Crippen LogP contribution in [-0.4, -0.2) is 43.3 Å². The fourth-order valence-corrected chi connectivity index (χ4v) is 4.08. The van der Waals surface area contributed by atoms with Crippen LogP contribution in [0, 0.1) is 0 Å². The molecule has 0 aliphatic rings. The van der Waals surface area contributed by atoms with Gasteiger partial charge in [-0.1, -0.05) is 69.0 Å². The van der Waals surface area contributed by atoms with Gasteiger partial charge in [-0.15, -0.1) is 10.2 Å². The van der Waals surface area contributed by atoms with Crippen molar-refractivity contribution in [2.24, 2.45) is 0 Å². The van der Waals surface area contributed by atoms with E-state index in [0.29, 0.717) is 23.5 Å². The third-order valence-corrected chi connectivity index (χ3v) is 5.84. The van der Waals surface area contributed by atoms with Crippen molar-refractivity contribution < 1.29 is 9.53 Å². The van der Waals surface area contributed by atoms with E-state index in [1.807, 2.05) is 30.3 Å². The van der Waals surface area contributed by atoms with Crippen molar-refractivity contribution in [1.29, 1.82) is 0 Å². The minimum Gasteiger partial charge on any atom is -0.465 e. The number of carbonyl (C=O) groups is 1. The first kappa shape index (κ1) is 23.8. The lowest BCUT2D eigenvalue weighted by Crippen LogP contribution is -2.09. The number of nitrogens with zero attached hydrogens (tertiary/aromatic N) is 5. The van der Waals surface area contributed by atoms with E-state index in [9.17, 15) is 4.79 Å². The molecular formula is C27H28N6O2. The van der Waals surface area contributed by atoms with Crippen molar-refractivity contribution >= 4 is 28.1 Å². The van der Waals surface area contributed by atoms with Crippen LogP contribution in [0.25, 0.3) is 22.2 Å². The van der Waals surface area contributed by atoms with Gasteiger partial charge in [0, 0.05) is 18.5 Å². The number of tetrazole rings is 1. The number of rotatable bonds is 10. The molecule has 4 rings (SSSR count). The summed E-state index contributed by atoms with van der Waals surface area (Å²) >= 11 is 0. The minimum absolute atomic E-state index is 0.367. The number of aromatic nitrogens is 6. The highest BCUT2D eigenvalue weighted by molar-refractivity contribution is 6.03. The molecule has 8 heteroatoms. The number of ether oxygens (including phenoxy) is 1. The fourth-order valence-electron chi connectivity index (χ4n) is 4.08. The largest absolute Gasteiger partial charge is 0.465 e. The average molecular weight is 469 g/mol. The Morgan fingerprint density at radius 3 is 2.66 bits per heavy atom. The first-order valence-corrected chi connectivity index (χ1v) is 11.5. The van der Waals surface area contributed by atoms with Crippen molar-refractivity contribution in [2.45, 2.75) is 32.7 Å². The molecule has 0 unspecified atom stereocenters. The summed E-state index contributed by atoms with van der Waals surface area (Å²) in [7, 11) is 1.40. The van der Waals surface area contributed by atoms with Crippen LogP contribution in [0.3, 0.4) is 0 Å². The number of fused-ring (bicyclic) bond motifs is 1. The maximum Gasteiger partial charge on any atom is 0.340 e. The maximum absolute atomic E-state index is 12.5. The fraction of sp³-hybridized carbons (Fsp3) is 0.222. The number of H-pyrrole nitrogens is 1. The Bertz CT molecular complexity index is 1380. The standard InChI is InChI=1S/C27H28N6O2/c1-5-7-12-24-28-23-11-8-10-22(27(34)35-4)25(23)33(24)17-19-13-15-20(16-14-19)21(9-6-2)18(3)26-29-31-32-30-26/h6,8-11,13-16H,2-3,5,7,12,17H2,1,4H3,(H,29,30,31,32)/b21-9+. The van der Waals surface area contributed by atoms with Gasteiger partial charge in [-0.3, -0.25) is 0 Å². The van der Waals surface area contributed by atoms with Gasteiger partial charge in [0.1, 0.15) is 5.82 Å². The number of unbranched alkanes of at least 4 members (excludes halogenated alkanes) is 1. The van der Waals surface area contributed by atoms with Gasteiger partial charge in [0.25, 0.3) is 0 Å². The smallest absolute Gasteiger partial charge is 0.340 e. The monoisotopic (exact) mass is 468 g/mol. The molecule has 178 valence electrons. The average Bonchev–Trinajstić information content (AvgIpc) is 3.54. The van der Waals surface area contributed by atoms with Gasteiger partial charge in [-0.25, -0.2) is 9.78 Å². The predicted octanol–water partition coefficient (Wildman–Crippen LogP) is 5.01. The van der Waals surface area contributed by atoms with E-state index >= 15 is 0 Å². The number of esters is 1. The van der Waals surface area contributed by atoms with E-state index in [1.54, 1.807) is 12.1 Å². The maximum atomic E-state index is 12.5. The van der Waals surface area contributed by atoms with E-state index in [4.69, 9.17) is 9.72 Å². The van der Waals surface area contributed by atoms with E-state index in [0.717, 1.165) is 52.8 Å². The normalized spacial score (nSPS) is 11.5. The van der Waals surface area contributed by atoms with Crippen LogP contribution in [0.15, 0.2) is 67.8 Å². The summed E-state index contributed by atoms with van der Waals surface area (Å²) in [5.41, 5.74) is 5.66. The zero-order valence-electron chi connectivity index (χ0n) is 20.0. The molecular weight excluding hydrogens is 440 g/mol. The molecule has 0 radical (unpaired) electrons. The predicted molar refractivity (Wildman–Crippen MR) is 137 cm³/mol. The molecule has 2 heterocycles. The third kappa shape index (κ3) is 4.96. The van der Waals surface area contributed by atoms with Crippen LogP contribution in [0.5, 0.6) is 0 Å². The number of aromatic amines is 1. The second kappa shape index (κ2) is 10.7. The van der Waals surface area contributed by atoms with Gasteiger partial charge in [-0.2, -0.15) is 5.21 Å². The van der Waals surface area contributed by atoms with Crippen molar-refractivity contribution in [3.05, 3.63) is 96.1 Å². The lowest BCUT2D eigenvalue weighted by Gasteiger charge is -2.13. The SMILES string of the molecule is C=C/C=C(\C(=C)c1nn[nH]n1)c1ccc(Cn2c(CCCC)nc3cccc(C(=O)OC)c32)cc1. The van der Waals surface area contributed by atoms with Gasteiger partial charge >= 0.3 is 5.97 Å². The molecule has 2 aromatic heterocycles. The molecule has 0 atom stereocenters. The zero-order chi connectivity index (χ0) is 24.8. The second-order valence-corrected chi connectivity index (χ2v) is 8.11. The van der Waals surface area contributed by atoms with Crippen LogP contribution in [0.4, 0.5) is 0 Å². The molecule has 0 aliphatic carbocycles. The lowest BCUT2D eigenvalue weighted by atomic mass is 9.97. The number of hydrogen-bond acceptors (Lipinski definition) is 6. The first-order valence-electron chi connectivity index (χ1n) is 11.5. The lowest BCUT2D eigenvalue weighted by molar-refractivity contribution is 0.0602. The Hall–Kier alpha value is -4.33. The van der Waals surface area contributed by atoms with Crippen molar-refractivity contribution in [3.8, 4) is 0 Å². The highest BCUT2D eigenvalue weighted by Crippen LogP contribution is 2.29. The number of nitrogens with one attached hydrogen (secondary N) is 1. The Morgan fingerprint density at radius 2 is 2.00 bits per heavy atom. The Labute approximate surface area is 204 Å². The van der Waals surface area contributed by atoms with Crippen LogP contribution in [0.1, 0.15) is 52.9 Å². The highest BCUT2D eigenvalue weighted by atomic mass is 16.5. The Kier molecular flexibility index (Phi) is 7.30. The van der Waals surface area contributed by atoms with Gasteiger partial charge in [-0.05, 0) is 40.5 Å². The Morgan fingerprint density at radius 1 is 1.20 bits per heavy atom. The molecule has 0 fully saturated rings. The van der Waals surface area contributed by atoms with E-state index in [1.165, 1.54) is 7.11 Å². The molecule has 0 saturated heterocycles. The summed E-state index contributed by atoms with van der Waals surface area (Å²) in [5, 5.41) is 14.2. The van der Waals surface area contributed by atoms with Crippen LogP contribution in [-0.2, 0) is 17.7 Å². The molecule has 0 aliphatic heterocycles. The summed E-state index contributed by atoms with van der Waals surface area (Å²) in [5.74, 6) is 1.02. The van der Waals surface area contributed by atoms with E-state index < -0.39 is 0 Å². The van der Waals surface area contributed by atoms with Crippen molar-refractivity contribution in [1.82, 2.24) is 30.2 Å². The zero-order valence-corrected chi connectivity index (χ0v) is 20.0. The molecule has 1 N–H and O–H groups in total. The first-order chi connectivity index (χ1) is 17.1. The third-order valence-electron chi connectivity index (χ3n) is 5.84. The van der Waals surface area contributed by atoms with Crippen LogP contribution in [0.2, 0.25) is 0 Å². The molecule has 0 amide bonds. The molecule has 35 heavy (non-hydrogen) atoms. The summed E-state index contributed by atoms with van der Waals surface area (Å²) in [6, 6.07) is 13.7. The Balaban J connectivity index is 1.71. The number of allylic oxidation sites excluding steroid dienone is 4. The number of methoxy groups -OCH3 is 1. The molecule has 0 bridgehead atoms. The number of para-hydroxylation sites is 1. The summed E-state index contributed by atoms with van der Waals surface area (Å²) in [6.45, 7) is 10.7. The quantitative estimate of drug-likeness (QED) is 0.259. The summed E-state index contributed by atoms with van der Waals surface area (Å²) < 4.78 is 7.17. The van der Waals surface area contributed by atoms with Crippen molar-refractivity contribution in [2.75, 3.05) is 7.11 Å². The molecule has 2 aromatic carbocycles. The minimum atomic E-state index is -0.367. The van der Waals surface area contributed by atoms with E-state index in [-0.39, 0.29) is 5.97 Å². The number of benzene rings is 2. The van der Waals surface area contributed by atoms with Crippen LogP contribution >= 0.6 is 0 Å². The number of hydrogen-bond donors (Lipinski definition) is 1. The topological polar surface area (TPSA) is 98.6 Å². The number of imidazole rings is 1. The van der Waals surface area contributed by atoms with Gasteiger partial charge in [0.2, 0.25) is 5.82 Å². The summed E-state index contributed by atoms with van der Waals surface area (Å²) in [6.07, 6.45) is 6.50. The molecule has 0 saturated carbocycles. The van der Waals surface area contributed by atoms with Gasteiger partial charge in [0.15, 0.2) is 0 Å². The van der Waals surface area contributed by atoms with Gasteiger partial charge < -0.3 is 9.30 Å². The molecule has 4 aromatic rings. The van der Waals surface area contributed by atoms with Crippen LogP contribution < -0.4 is 0 Å². The number of carbonyl (C=O) groups excluding carboxylic acids is 1.